The summed E-state index contributed by atoms with van der Waals surface area (Å²) in [4.78, 5) is 27.2. The fraction of sp³-hybridized carbons (Fsp3) is 0.524. The first-order chi connectivity index (χ1) is 14.1. The molecule has 0 spiro atoms. The second-order valence-electron chi connectivity index (χ2n) is 7.65. The van der Waals surface area contributed by atoms with Gasteiger partial charge in [0.1, 0.15) is 16.1 Å². The quantitative estimate of drug-likeness (QED) is 0.830. The first-order valence-corrected chi connectivity index (χ1v) is 11.0. The topological polar surface area (TPSA) is 84.4 Å². The molecule has 1 aromatic heterocycles. The average molecular weight is 415 g/mol. The van der Waals surface area contributed by atoms with Crippen LogP contribution in [-0.4, -0.2) is 52.7 Å². The van der Waals surface area contributed by atoms with Gasteiger partial charge in [-0.3, -0.25) is 9.59 Å². The maximum Gasteiger partial charge on any atom is 0.251 e. The molecule has 2 aromatic rings. The molecule has 2 saturated heterocycles. The molecule has 0 aliphatic carbocycles. The molecule has 154 valence electrons. The Morgan fingerprint density at radius 3 is 2.69 bits per heavy atom. The number of anilines is 1. The van der Waals surface area contributed by atoms with E-state index in [1.807, 2.05) is 36.1 Å². The standard InChI is InChI=1S/C21H26N4O3S/c1-14-23-24-20(29-14)16-5-4-6-17(13-16)22-19(26)15-8-10-25(11-9-15)21(27)18-7-2-3-12-28-18/h4-6,13,15,18H,2-3,7-12H2,1H3,(H,22,26). The highest BCUT2D eigenvalue weighted by molar-refractivity contribution is 7.14. The second-order valence-corrected chi connectivity index (χ2v) is 8.83. The van der Waals surface area contributed by atoms with E-state index in [2.05, 4.69) is 15.5 Å². The molecule has 0 radical (unpaired) electrons. The first kappa shape index (κ1) is 20.0. The Balaban J connectivity index is 1.31. The minimum Gasteiger partial charge on any atom is -0.368 e. The maximum atomic E-state index is 12.7. The lowest BCUT2D eigenvalue weighted by Gasteiger charge is -2.34. The number of aryl methyl sites for hydroxylation is 1. The van der Waals surface area contributed by atoms with Gasteiger partial charge in [-0.25, -0.2) is 0 Å². The molecule has 8 heteroatoms. The summed E-state index contributed by atoms with van der Waals surface area (Å²) in [6.45, 7) is 3.82. The number of hydrogen-bond donors (Lipinski definition) is 1. The van der Waals surface area contributed by atoms with Crippen LogP contribution in [-0.2, 0) is 14.3 Å². The number of aromatic nitrogens is 2. The Kier molecular flexibility index (Phi) is 6.20. The van der Waals surface area contributed by atoms with E-state index in [0.29, 0.717) is 32.5 Å². The van der Waals surface area contributed by atoms with Crippen molar-refractivity contribution < 1.29 is 14.3 Å². The van der Waals surface area contributed by atoms with Crippen LogP contribution in [0.25, 0.3) is 10.6 Å². The molecule has 2 aliphatic heterocycles. The Morgan fingerprint density at radius 2 is 2.00 bits per heavy atom. The van der Waals surface area contributed by atoms with Crippen molar-refractivity contribution in [1.29, 1.82) is 0 Å². The van der Waals surface area contributed by atoms with E-state index in [4.69, 9.17) is 4.74 Å². The zero-order valence-corrected chi connectivity index (χ0v) is 17.4. The third-order valence-electron chi connectivity index (χ3n) is 5.54. The average Bonchev–Trinajstić information content (AvgIpc) is 3.20. The van der Waals surface area contributed by atoms with E-state index in [-0.39, 0.29) is 23.8 Å². The molecule has 1 aromatic carbocycles. The molecular weight excluding hydrogens is 388 g/mol. The van der Waals surface area contributed by atoms with Gasteiger partial charge in [-0.2, -0.15) is 0 Å². The molecule has 2 aliphatic rings. The highest BCUT2D eigenvalue weighted by Gasteiger charge is 2.32. The van der Waals surface area contributed by atoms with E-state index < -0.39 is 0 Å². The SMILES string of the molecule is Cc1nnc(-c2cccc(NC(=O)C3CCN(C(=O)C4CCCCO4)CC3)c2)s1. The molecule has 1 atom stereocenters. The van der Waals surface area contributed by atoms with Crippen molar-refractivity contribution in [3.05, 3.63) is 29.3 Å². The van der Waals surface area contributed by atoms with E-state index in [1.54, 1.807) is 0 Å². The first-order valence-electron chi connectivity index (χ1n) is 10.2. The predicted molar refractivity (Wildman–Crippen MR) is 112 cm³/mol. The summed E-state index contributed by atoms with van der Waals surface area (Å²) >= 11 is 1.53. The molecule has 3 heterocycles. The minimum absolute atomic E-state index is 0.0107. The normalized spacial score (nSPS) is 20.4. The molecule has 0 bridgehead atoms. The van der Waals surface area contributed by atoms with E-state index >= 15 is 0 Å². The van der Waals surface area contributed by atoms with Gasteiger partial charge in [0, 0.05) is 36.9 Å². The second kappa shape index (κ2) is 9.00. The van der Waals surface area contributed by atoms with Gasteiger partial charge in [-0.1, -0.05) is 23.5 Å². The highest BCUT2D eigenvalue weighted by Crippen LogP contribution is 2.27. The van der Waals surface area contributed by atoms with Crippen molar-refractivity contribution in [2.45, 2.75) is 45.1 Å². The molecular formula is C21H26N4O3S. The number of carbonyl (C=O) groups excluding carboxylic acids is 2. The Hall–Kier alpha value is -2.32. The van der Waals surface area contributed by atoms with Crippen molar-refractivity contribution in [3.63, 3.8) is 0 Å². The van der Waals surface area contributed by atoms with E-state index in [0.717, 1.165) is 40.5 Å². The maximum absolute atomic E-state index is 12.7. The Morgan fingerprint density at radius 1 is 1.17 bits per heavy atom. The van der Waals surface area contributed by atoms with Crippen LogP contribution in [0.15, 0.2) is 24.3 Å². The van der Waals surface area contributed by atoms with Crippen molar-refractivity contribution in [2.24, 2.45) is 5.92 Å². The fourth-order valence-electron chi connectivity index (χ4n) is 3.89. The van der Waals surface area contributed by atoms with Crippen LogP contribution in [0.2, 0.25) is 0 Å². The Labute approximate surface area is 174 Å². The van der Waals surface area contributed by atoms with Crippen LogP contribution in [0.5, 0.6) is 0 Å². The zero-order chi connectivity index (χ0) is 20.2. The highest BCUT2D eigenvalue weighted by atomic mass is 32.1. The van der Waals surface area contributed by atoms with Crippen molar-refractivity contribution in [3.8, 4) is 10.6 Å². The number of nitrogens with zero attached hydrogens (tertiary/aromatic N) is 3. The Bertz CT molecular complexity index is 870. The van der Waals surface area contributed by atoms with Gasteiger partial charge in [0.25, 0.3) is 5.91 Å². The van der Waals surface area contributed by atoms with Gasteiger partial charge < -0.3 is 15.0 Å². The lowest BCUT2D eigenvalue weighted by molar-refractivity contribution is -0.148. The summed E-state index contributed by atoms with van der Waals surface area (Å²) in [5.41, 5.74) is 1.70. The molecule has 4 rings (SSSR count). The van der Waals surface area contributed by atoms with Gasteiger partial charge in [0.05, 0.1) is 0 Å². The summed E-state index contributed by atoms with van der Waals surface area (Å²) in [5.74, 6) is 0.0129. The monoisotopic (exact) mass is 414 g/mol. The zero-order valence-electron chi connectivity index (χ0n) is 16.6. The molecule has 7 nitrogen and oxygen atoms in total. The third-order valence-corrected chi connectivity index (χ3v) is 6.42. The predicted octanol–water partition coefficient (Wildman–Crippen LogP) is 3.26. The van der Waals surface area contributed by atoms with Gasteiger partial charge in [0.2, 0.25) is 5.91 Å². The molecule has 1 N–H and O–H groups in total. The number of piperidine rings is 1. The summed E-state index contributed by atoms with van der Waals surface area (Å²) < 4.78 is 5.62. The van der Waals surface area contributed by atoms with Gasteiger partial charge in [-0.15, -0.1) is 10.2 Å². The van der Waals surface area contributed by atoms with Gasteiger partial charge in [0.15, 0.2) is 0 Å². The molecule has 2 amide bonds. The van der Waals surface area contributed by atoms with Gasteiger partial charge >= 0.3 is 0 Å². The van der Waals surface area contributed by atoms with E-state index in [1.165, 1.54) is 11.3 Å². The van der Waals surface area contributed by atoms with Crippen LogP contribution in [0.1, 0.15) is 37.1 Å². The van der Waals surface area contributed by atoms with Gasteiger partial charge in [-0.05, 0) is 51.2 Å². The number of rotatable bonds is 4. The largest absolute Gasteiger partial charge is 0.368 e. The van der Waals surface area contributed by atoms with E-state index in [9.17, 15) is 9.59 Å². The smallest absolute Gasteiger partial charge is 0.251 e. The van der Waals surface area contributed by atoms with Crippen molar-refractivity contribution >= 4 is 28.8 Å². The number of amides is 2. The lowest BCUT2D eigenvalue weighted by atomic mass is 9.95. The van der Waals surface area contributed by atoms with Crippen molar-refractivity contribution in [2.75, 3.05) is 25.0 Å². The summed E-state index contributed by atoms with van der Waals surface area (Å²) in [7, 11) is 0. The lowest BCUT2D eigenvalue weighted by Crippen LogP contribution is -2.47. The summed E-state index contributed by atoms with van der Waals surface area (Å²) in [5, 5.41) is 13.0. The summed E-state index contributed by atoms with van der Waals surface area (Å²) in [6, 6.07) is 7.69. The summed E-state index contributed by atoms with van der Waals surface area (Å²) in [6.07, 6.45) is 3.96. The number of nitrogens with one attached hydrogen (secondary N) is 1. The van der Waals surface area contributed by atoms with Crippen LogP contribution in [0, 0.1) is 12.8 Å². The number of carbonyl (C=O) groups is 2. The number of likely N-dealkylation sites (tertiary alicyclic amines) is 1. The molecule has 2 fully saturated rings. The van der Waals surface area contributed by atoms with Crippen LogP contribution >= 0.6 is 11.3 Å². The third kappa shape index (κ3) is 4.82. The van der Waals surface area contributed by atoms with Crippen LogP contribution in [0.4, 0.5) is 5.69 Å². The molecule has 0 saturated carbocycles. The number of hydrogen-bond acceptors (Lipinski definition) is 6. The van der Waals surface area contributed by atoms with Crippen molar-refractivity contribution in [1.82, 2.24) is 15.1 Å². The van der Waals surface area contributed by atoms with Crippen LogP contribution in [0.3, 0.4) is 0 Å². The number of ether oxygens (including phenoxy) is 1. The fourth-order valence-corrected chi connectivity index (χ4v) is 4.58. The molecule has 1 unspecified atom stereocenters. The van der Waals surface area contributed by atoms with Crippen LogP contribution < -0.4 is 5.32 Å². The molecule has 29 heavy (non-hydrogen) atoms. The minimum atomic E-state index is -0.291. The number of benzene rings is 1.